The molecule has 2 aliphatic heterocycles. The molecule has 0 aliphatic carbocycles. The third-order valence-corrected chi connectivity index (χ3v) is 3.50. The third-order valence-electron chi connectivity index (χ3n) is 3.50. The Balaban J connectivity index is 1.84. The van der Waals surface area contributed by atoms with E-state index in [-0.39, 0.29) is 18.1 Å². The summed E-state index contributed by atoms with van der Waals surface area (Å²) in [6.45, 7) is 2.84. The molecule has 5 heteroatoms. The number of aliphatic carboxylic acids is 1. The second-order valence-corrected chi connectivity index (χ2v) is 4.85. The minimum absolute atomic E-state index is 0.179. The van der Waals surface area contributed by atoms with Crippen molar-refractivity contribution in [1.82, 2.24) is 4.90 Å². The van der Waals surface area contributed by atoms with Crippen molar-refractivity contribution in [2.75, 3.05) is 26.2 Å². The Labute approximate surface area is 95.0 Å². The van der Waals surface area contributed by atoms with Crippen molar-refractivity contribution in [2.45, 2.75) is 37.4 Å². The summed E-state index contributed by atoms with van der Waals surface area (Å²) < 4.78 is 5.78. The fourth-order valence-corrected chi connectivity index (χ4v) is 2.66. The van der Waals surface area contributed by atoms with Crippen molar-refractivity contribution >= 4 is 5.97 Å². The molecule has 16 heavy (non-hydrogen) atoms. The number of hydrogen-bond acceptors (Lipinski definition) is 4. The highest BCUT2D eigenvalue weighted by molar-refractivity contribution is 5.66. The molecule has 0 aromatic heterocycles. The number of rotatable bonds is 3. The van der Waals surface area contributed by atoms with Crippen molar-refractivity contribution in [1.29, 1.82) is 0 Å². The van der Waals surface area contributed by atoms with Crippen molar-refractivity contribution in [3.8, 4) is 0 Å². The number of carboxylic acid groups (broad SMARTS) is 1. The smallest absolute Gasteiger partial charge is 0.304 e. The summed E-state index contributed by atoms with van der Waals surface area (Å²) in [6.07, 6.45) is 2.24. The van der Waals surface area contributed by atoms with Gasteiger partial charge in [-0.05, 0) is 12.8 Å². The van der Waals surface area contributed by atoms with Crippen LogP contribution < -0.4 is 0 Å². The Morgan fingerprint density at radius 3 is 3.06 bits per heavy atom. The first-order valence-electron chi connectivity index (χ1n) is 5.86. The van der Waals surface area contributed by atoms with Crippen LogP contribution in [0.15, 0.2) is 0 Å². The van der Waals surface area contributed by atoms with Crippen LogP contribution in [0.1, 0.15) is 25.7 Å². The topological polar surface area (TPSA) is 70.0 Å². The molecule has 5 nitrogen and oxygen atoms in total. The molecule has 2 aliphatic rings. The lowest BCUT2D eigenvalue weighted by atomic mass is 9.91. The Bertz CT molecular complexity index is 271. The monoisotopic (exact) mass is 229 g/mol. The minimum Gasteiger partial charge on any atom is -0.481 e. The van der Waals surface area contributed by atoms with E-state index in [4.69, 9.17) is 9.84 Å². The second kappa shape index (κ2) is 4.69. The fourth-order valence-electron chi connectivity index (χ4n) is 2.66. The van der Waals surface area contributed by atoms with Crippen LogP contribution in [-0.2, 0) is 9.53 Å². The first kappa shape index (κ1) is 11.8. The van der Waals surface area contributed by atoms with Gasteiger partial charge in [0.05, 0.1) is 18.1 Å². The maximum Gasteiger partial charge on any atom is 0.304 e. The molecule has 0 saturated carbocycles. The van der Waals surface area contributed by atoms with E-state index in [9.17, 15) is 9.90 Å². The summed E-state index contributed by atoms with van der Waals surface area (Å²) >= 11 is 0. The quantitative estimate of drug-likeness (QED) is 0.717. The Kier molecular flexibility index (Phi) is 3.47. The SMILES string of the molecule is O=C(O)CCN1CC[C@]2(C[C@@H](O)CCO2)C1. The molecule has 0 unspecified atom stereocenters. The number of carbonyl (C=O) groups is 1. The maximum atomic E-state index is 10.5. The van der Waals surface area contributed by atoms with Crippen molar-refractivity contribution in [3.05, 3.63) is 0 Å². The zero-order valence-electron chi connectivity index (χ0n) is 9.39. The van der Waals surface area contributed by atoms with Crippen LogP contribution in [0.25, 0.3) is 0 Å². The number of carboxylic acids is 1. The number of ether oxygens (including phenoxy) is 1. The van der Waals surface area contributed by atoms with E-state index in [2.05, 4.69) is 4.90 Å². The lowest BCUT2D eigenvalue weighted by Crippen LogP contribution is -2.44. The summed E-state index contributed by atoms with van der Waals surface area (Å²) in [6, 6.07) is 0. The van der Waals surface area contributed by atoms with E-state index in [1.807, 2.05) is 0 Å². The molecule has 0 amide bonds. The molecule has 0 radical (unpaired) electrons. The van der Waals surface area contributed by atoms with Gasteiger partial charge in [0.2, 0.25) is 0 Å². The number of likely N-dealkylation sites (tertiary alicyclic amines) is 1. The van der Waals surface area contributed by atoms with Crippen molar-refractivity contribution < 1.29 is 19.7 Å². The van der Waals surface area contributed by atoms with Crippen molar-refractivity contribution in [3.63, 3.8) is 0 Å². The van der Waals surface area contributed by atoms with E-state index in [0.29, 0.717) is 19.6 Å². The van der Waals surface area contributed by atoms with E-state index < -0.39 is 5.97 Å². The molecule has 0 bridgehead atoms. The van der Waals surface area contributed by atoms with Gasteiger partial charge < -0.3 is 14.9 Å². The van der Waals surface area contributed by atoms with Crippen LogP contribution in [0, 0.1) is 0 Å². The van der Waals surface area contributed by atoms with E-state index in [1.165, 1.54) is 0 Å². The Morgan fingerprint density at radius 2 is 2.38 bits per heavy atom. The highest BCUT2D eigenvalue weighted by Gasteiger charge is 2.42. The zero-order valence-corrected chi connectivity index (χ0v) is 9.39. The predicted molar refractivity (Wildman–Crippen MR) is 57.2 cm³/mol. The molecule has 2 saturated heterocycles. The predicted octanol–water partition coefficient (Wildman–Crippen LogP) is 0.0769. The molecule has 2 rings (SSSR count). The van der Waals surface area contributed by atoms with E-state index in [0.717, 1.165) is 25.9 Å². The van der Waals surface area contributed by atoms with Gasteiger partial charge in [-0.15, -0.1) is 0 Å². The summed E-state index contributed by atoms with van der Waals surface area (Å²) in [7, 11) is 0. The highest BCUT2D eigenvalue weighted by atomic mass is 16.5. The maximum absolute atomic E-state index is 10.5. The fraction of sp³-hybridized carbons (Fsp3) is 0.909. The Hall–Kier alpha value is -0.650. The van der Waals surface area contributed by atoms with E-state index in [1.54, 1.807) is 0 Å². The van der Waals surface area contributed by atoms with Gasteiger partial charge in [0.1, 0.15) is 0 Å². The summed E-state index contributed by atoms with van der Waals surface area (Å²) in [4.78, 5) is 12.6. The average Bonchev–Trinajstić information content (AvgIpc) is 2.58. The van der Waals surface area contributed by atoms with Gasteiger partial charge in [-0.2, -0.15) is 0 Å². The van der Waals surface area contributed by atoms with Gasteiger partial charge in [0.25, 0.3) is 0 Å². The number of aliphatic hydroxyl groups excluding tert-OH is 1. The van der Waals surface area contributed by atoms with Crippen LogP contribution in [-0.4, -0.2) is 59.0 Å². The first-order chi connectivity index (χ1) is 7.60. The summed E-state index contributed by atoms with van der Waals surface area (Å²) in [5.41, 5.74) is -0.212. The third kappa shape index (κ3) is 2.72. The molecule has 0 aromatic carbocycles. The van der Waals surface area contributed by atoms with Gasteiger partial charge >= 0.3 is 5.97 Å². The molecule has 0 aromatic rings. The standard InChI is InChI=1S/C11H19NO4/c13-9-2-6-16-11(7-9)3-5-12(8-11)4-1-10(14)15/h9,13H,1-8H2,(H,14,15)/t9-,11-/m0/s1. The molecule has 2 atom stereocenters. The lowest BCUT2D eigenvalue weighted by Gasteiger charge is -2.36. The van der Waals surface area contributed by atoms with Crippen LogP contribution >= 0.6 is 0 Å². The average molecular weight is 229 g/mol. The van der Waals surface area contributed by atoms with Crippen LogP contribution in [0.2, 0.25) is 0 Å². The molecular weight excluding hydrogens is 210 g/mol. The normalized spacial score (nSPS) is 35.7. The molecule has 2 fully saturated rings. The molecule has 92 valence electrons. The first-order valence-corrected chi connectivity index (χ1v) is 5.86. The summed E-state index contributed by atoms with van der Waals surface area (Å²) in [5.74, 6) is -0.759. The molecule has 2 N–H and O–H groups in total. The van der Waals surface area contributed by atoms with Crippen molar-refractivity contribution in [2.24, 2.45) is 0 Å². The second-order valence-electron chi connectivity index (χ2n) is 4.85. The lowest BCUT2D eigenvalue weighted by molar-refractivity contribution is -0.137. The molecule has 1 spiro atoms. The largest absolute Gasteiger partial charge is 0.481 e. The highest BCUT2D eigenvalue weighted by Crippen LogP contribution is 2.34. The summed E-state index contributed by atoms with van der Waals surface area (Å²) in [5, 5.41) is 18.3. The van der Waals surface area contributed by atoms with Gasteiger partial charge in [-0.3, -0.25) is 9.69 Å². The van der Waals surface area contributed by atoms with Gasteiger partial charge in [0.15, 0.2) is 0 Å². The number of aliphatic hydroxyl groups is 1. The molecule has 2 heterocycles. The zero-order chi connectivity index (χ0) is 11.6. The van der Waals surface area contributed by atoms with Crippen LogP contribution in [0.4, 0.5) is 0 Å². The van der Waals surface area contributed by atoms with Crippen LogP contribution in [0.5, 0.6) is 0 Å². The van der Waals surface area contributed by atoms with Gasteiger partial charge in [-0.1, -0.05) is 0 Å². The number of nitrogens with zero attached hydrogens (tertiary/aromatic N) is 1. The minimum atomic E-state index is -0.759. The van der Waals surface area contributed by atoms with Gasteiger partial charge in [0, 0.05) is 32.7 Å². The Morgan fingerprint density at radius 1 is 1.56 bits per heavy atom. The van der Waals surface area contributed by atoms with E-state index >= 15 is 0 Å². The number of hydrogen-bond donors (Lipinski definition) is 2. The van der Waals surface area contributed by atoms with Gasteiger partial charge in [-0.25, -0.2) is 0 Å². The van der Waals surface area contributed by atoms with Crippen LogP contribution in [0.3, 0.4) is 0 Å². The molecular formula is C11H19NO4.